The van der Waals surface area contributed by atoms with Crippen molar-refractivity contribution in [1.82, 2.24) is 4.98 Å². The molecule has 14 heavy (non-hydrogen) atoms. The Bertz CT molecular complexity index is 304. The first kappa shape index (κ1) is 11.2. The zero-order chi connectivity index (χ0) is 10.6. The zero-order valence-electron chi connectivity index (χ0n) is 8.78. The minimum absolute atomic E-state index is 0.512. The van der Waals surface area contributed by atoms with Crippen LogP contribution in [0.4, 0.5) is 5.69 Å². The van der Waals surface area contributed by atoms with Crippen LogP contribution in [0.5, 0.6) is 5.88 Å². The molecular weight excluding hydrogens is 196 g/mol. The Labute approximate surface area is 89.1 Å². The fourth-order valence-corrected chi connectivity index (χ4v) is 1.81. The highest BCUT2D eigenvalue weighted by atomic mass is 32.2. The van der Waals surface area contributed by atoms with Crippen molar-refractivity contribution in [3.63, 3.8) is 0 Å². The normalized spacial score (nSPS) is 12.5. The van der Waals surface area contributed by atoms with Gasteiger partial charge in [-0.1, -0.05) is 13.8 Å². The molecule has 0 amide bonds. The topological polar surface area (TPSA) is 48.1 Å². The molecule has 0 aromatic carbocycles. The summed E-state index contributed by atoms with van der Waals surface area (Å²) in [5.41, 5.74) is 6.25. The number of nitrogens with zero attached hydrogens (tertiary/aromatic N) is 1. The first-order valence-corrected chi connectivity index (χ1v) is 5.52. The molecule has 0 saturated carbocycles. The molecule has 1 atom stereocenters. The quantitative estimate of drug-likeness (QED) is 0.779. The molecule has 0 bridgehead atoms. The van der Waals surface area contributed by atoms with Crippen molar-refractivity contribution in [3.8, 4) is 5.88 Å². The van der Waals surface area contributed by atoms with Gasteiger partial charge >= 0.3 is 0 Å². The van der Waals surface area contributed by atoms with Crippen LogP contribution in [-0.4, -0.2) is 17.3 Å². The molecule has 1 unspecified atom stereocenters. The summed E-state index contributed by atoms with van der Waals surface area (Å²) in [6, 6.07) is 3.76. The number of hydrogen-bond donors (Lipinski definition) is 1. The Morgan fingerprint density at radius 1 is 1.57 bits per heavy atom. The Morgan fingerprint density at radius 3 is 2.86 bits per heavy atom. The standard InChI is InChI=1S/C10H16N2OS/c1-4-7(2)14-9-6-5-8(11)10(12-9)13-3/h5-7H,4,11H2,1-3H3. The van der Waals surface area contributed by atoms with Gasteiger partial charge in [0.2, 0.25) is 5.88 Å². The molecule has 0 saturated heterocycles. The lowest BCUT2D eigenvalue weighted by Crippen LogP contribution is -1.98. The molecule has 3 nitrogen and oxygen atoms in total. The molecule has 1 aromatic rings. The SMILES string of the molecule is CCC(C)Sc1ccc(N)c(OC)n1. The zero-order valence-corrected chi connectivity index (χ0v) is 9.60. The van der Waals surface area contributed by atoms with Gasteiger partial charge < -0.3 is 10.5 Å². The number of hydrogen-bond acceptors (Lipinski definition) is 4. The van der Waals surface area contributed by atoms with Gasteiger partial charge in [0.25, 0.3) is 0 Å². The van der Waals surface area contributed by atoms with Gasteiger partial charge in [-0.3, -0.25) is 0 Å². The fraction of sp³-hybridized carbons (Fsp3) is 0.500. The summed E-state index contributed by atoms with van der Waals surface area (Å²) in [5, 5.41) is 1.53. The number of nitrogens with two attached hydrogens (primary N) is 1. The van der Waals surface area contributed by atoms with E-state index in [9.17, 15) is 0 Å². The average molecular weight is 212 g/mol. The third-order valence-corrected chi connectivity index (χ3v) is 3.16. The second kappa shape index (κ2) is 5.10. The van der Waals surface area contributed by atoms with E-state index in [1.54, 1.807) is 18.9 Å². The molecule has 1 aromatic heterocycles. The number of anilines is 1. The first-order chi connectivity index (χ1) is 6.67. The van der Waals surface area contributed by atoms with E-state index in [-0.39, 0.29) is 0 Å². The molecule has 0 aliphatic carbocycles. The molecule has 1 rings (SSSR count). The van der Waals surface area contributed by atoms with E-state index < -0.39 is 0 Å². The number of nitrogen functional groups attached to an aromatic ring is 1. The molecule has 0 spiro atoms. The Kier molecular flexibility index (Phi) is 4.07. The number of methoxy groups -OCH3 is 1. The molecule has 0 aliphatic heterocycles. The Hall–Kier alpha value is -0.900. The van der Waals surface area contributed by atoms with E-state index in [1.807, 2.05) is 12.1 Å². The smallest absolute Gasteiger partial charge is 0.237 e. The molecule has 0 radical (unpaired) electrons. The van der Waals surface area contributed by atoms with Crippen molar-refractivity contribution >= 4 is 17.4 Å². The number of thioether (sulfide) groups is 1. The van der Waals surface area contributed by atoms with E-state index in [1.165, 1.54) is 0 Å². The summed E-state index contributed by atoms with van der Waals surface area (Å²) in [6.45, 7) is 4.33. The molecule has 1 heterocycles. The van der Waals surface area contributed by atoms with E-state index in [0.29, 0.717) is 16.8 Å². The van der Waals surface area contributed by atoms with Crippen molar-refractivity contribution < 1.29 is 4.74 Å². The molecule has 4 heteroatoms. The van der Waals surface area contributed by atoms with Crippen LogP contribution >= 0.6 is 11.8 Å². The van der Waals surface area contributed by atoms with E-state index in [2.05, 4.69) is 18.8 Å². The third-order valence-electron chi connectivity index (χ3n) is 1.95. The second-order valence-corrected chi connectivity index (χ2v) is 4.54. The maximum absolute atomic E-state index is 5.67. The summed E-state index contributed by atoms with van der Waals surface area (Å²) in [4.78, 5) is 4.29. The van der Waals surface area contributed by atoms with Gasteiger partial charge in [-0.2, -0.15) is 0 Å². The van der Waals surface area contributed by atoms with Gasteiger partial charge in [-0.15, -0.1) is 11.8 Å². The predicted octanol–water partition coefficient (Wildman–Crippen LogP) is 2.56. The van der Waals surface area contributed by atoms with Crippen LogP contribution in [-0.2, 0) is 0 Å². The van der Waals surface area contributed by atoms with Crippen LogP contribution in [0.1, 0.15) is 20.3 Å². The van der Waals surface area contributed by atoms with Gasteiger partial charge in [0.05, 0.1) is 12.8 Å². The van der Waals surface area contributed by atoms with Crippen LogP contribution in [0.15, 0.2) is 17.2 Å². The summed E-state index contributed by atoms with van der Waals surface area (Å²) >= 11 is 1.74. The fourth-order valence-electron chi connectivity index (χ4n) is 0.953. The first-order valence-electron chi connectivity index (χ1n) is 4.64. The lowest BCUT2D eigenvalue weighted by Gasteiger charge is -2.09. The maximum Gasteiger partial charge on any atom is 0.237 e. The minimum Gasteiger partial charge on any atom is -0.480 e. The van der Waals surface area contributed by atoms with Crippen LogP contribution in [0, 0.1) is 0 Å². The van der Waals surface area contributed by atoms with Crippen LogP contribution in [0.3, 0.4) is 0 Å². The van der Waals surface area contributed by atoms with Gasteiger partial charge in [-0.25, -0.2) is 4.98 Å². The van der Waals surface area contributed by atoms with E-state index >= 15 is 0 Å². The molecular formula is C10H16N2OS. The van der Waals surface area contributed by atoms with Crippen molar-refractivity contribution in [2.75, 3.05) is 12.8 Å². The van der Waals surface area contributed by atoms with Crippen LogP contribution < -0.4 is 10.5 Å². The Balaban J connectivity index is 2.79. The highest BCUT2D eigenvalue weighted by Gasteiger charge is 2.06. The number of pyridine rings is 1. The lowest BCUT2D eigenvalue weighted by atomic mass is 10.4. The molecule has 0 aliphatic rings. The third kappa shape index (κ3) is 2.80. The van der Waals surface area contributed by atoms with E-state index in [4.69, 9.17) is 10.5 Å². The summed E-state index contributed by atoms with van der Waals surface area (Å²) in [6.07, 6.45) is 1.12. The van der Waals surface area contributed by atoms with Gasteiger partial charge in [0.15, 0.2) is 0 Å². The average Bonchev–Trinajstić information content (AvgIpc) is 2.20. The highest BCUT2D eigenvalue weighted by molar-refractivity contribution is 7.99. The number of rotatable bonds is 4. The maximum atomic E-state index is 5.67. The number of aromatic nitrogens is 1. The summed E-state index contributed by atoms with van der Waals surface area (Å²) in [5.74, 6) is 0.512. The minimum atomic E-state index is 0.512. The summed E-state index contributed by atoms with van der Waals surface area (Å²) in [7, 11) is 1.58. The van der Waals surface area contributed by atoms with Crippen molar-refractivity contribution in [2.24, 2.45) is 0 Å². The molecule has 2 N–H and O–H groups in total. The van der Waals surface area contributed by atoms with Crippen molar-refractivity contribution in [3.05, 3.63) is 12.1 Å². The van der Waals surface area contributed by atoms with E-state index in [0.717, 1.165) is 11.4 Å². The molecule has 78 valence electrons. The highest BCUT2D eigenvalue weighted by Crippen LogP contribution is 2.27. The second-order valence-electron chi connectivity index (χ2n) is 3.08. The van der Waals surface area contributed by atoms with Crippen LogP contribution in [0.2, 0.25) is 0 Å². The van der Waals surface area contributed by atoms with Crippen LogP contribution in [0.25, 0.3) is 0 Å². The summed E-state index contributed by atoms with van der Waals surface area (Å²) < 4.78 is 5.05. The monoisotopic (exact) mass is 212 g/mol. The van der Waals surface area contributed by atoms with Gasteiger partial charge in [0, 0.05) is 5.25 Å². The van der Waals surface area contributed by atoms with Crippen molar-refractivity contribution in [2.45, 2.75) is 30.5 Å². The van der Waals surface area contributed by atoms with Crippen molar-refractivity contribution in [1.29, 1.82) is 0 Å². The van der Waals surface area contributed by atoms with Gasteiger partial charge in [-0.05, 0) is 18.6 Å². The molecule has 0 fully saturated rings. The van der Waals surface area contributed by atoms with Gasteiger partial charge in [0.1, 0.15) is 5.03 Å². The predicted molar refractivity (Wildman–Crippen MR) is 60.8 cm³/mol. The lowest BCUT2D eigenvalue weighted by molar-refractivity contribution is 0.397. The number of ether oxygens (including phenoxy) is 1. The largest absolute Gasteiger partial charge is 0.480 e. The Morgan fingerprint density at radius 2 is 2.29 bits per heavy atom.